The fourth-order valence-electron chi connectivity index (χ4n) is 1.11. The minimum absolute atomic E-state index is 0.296. The van der Waals surface area contributed by atoms with Gasteiger partial charge in [-0.05, 0) is 19.3 Å². The Bertz CT molecular complexity index is 102. The van der Waals surface area contributed by atoms with E-state index in [0.29, 0.717) is 18.0 Å². The van der Waals surface area contributed by atoms with E-state index in [-0.39, 0.29) is 0 Å². The molecule has 0 aliphatic heterocycles. The lowest BCUT2D eigenvalue weighted by Crippen LogP contribution is -2.41. The van der Waals surface area contributed by atoms with Crippen LogP contribution in [0.4, 0.5) is 0 Å². The molecule has 0 aromatic heterocycles. The lowest BCUT2D eigenvalue weighted by atomic mass is 10.1. The van der Waals surface area contributed by atoms with Gasteiger partial charge in [0.25, 0.3) is 0 Å². The third-order valence-corrected chi connectivity index (χ3v) is 2.28. The van der Waals surface area contributed by atoms with E-state index in [1.54, 1.807) is 0 Å². The number of hydrogen-bond acceptors (Lipinski definition) is 2. The zero-order chi connectivity index (χ0) is 9.56. The molecule has 0 aromatic carbocycles. The highest BCUT2D eigenvalue weighted by molar-refractivity contribution is 4.70. The van der Waals surface area contributed by atoms with Gasteiger partial charge in [0.1, 0.15) is 0 Å². The highest BCUT2D eigenvalue weighted by Gasteiger charge is 2.08. The van der Waals surface area contributed by atoms with Gasteiger partial charge in [-0.3, -0.25) is 0 Å². The fourth-order valence-corrected chi connectivity index (χ4v) is 1.11. The Morgan fingerprint density at radius 3 is 2.25 bits per heavy atom. The predicted octanol–water partition coefficient (Wildman–Crippen LogP) is 1.75. The van der Waals surface area contributed by atoms with Crippen molar-refractivity contribution in [1.29, 1.82) is 0 Å². The molecule has 3 N–H and O–H groups in total. The first-order valence-electron chi connectivity index (χ1n) is 5.06. The summed E-state index contributed by atoms with van der Waals surface area (Å²) in [7, 11) is 0. The Morgan fingerprint density at radius 2 is 1.83 bits per heavy atom. The van der Waals surface area contributed by atoms with Gasteiger partial charge in [0, 0.05) is 18.6 Å². The monoisotopic (exact) mass is 172 g/mol. The van der Waals surface area contributed by atoms with Crippen molar-refractivity contribution in [3.63, 3.8) is 0 Å². The maximum atomic E-state index is 5.90. The first-order chi connectivity index (χ1) is 5.57. The SMILES string of the molecule is CCCC(C)NCC(N)C(C)C. The molecule has 0 bridgehead atoms. The Balaban J connectivity index is 3.40. The van der Waals surface area contributed by atoms with E-state index in [1.165, 1.54) is 12.8 Å². The molecule has 2 nitrogen and oxygen atoms in total. The molecule has 2 heteroatoms. The highest BCUT2D eigenvalue weighted by atomic mass is 14.9. The average Bonchev–Trinajstić information content (AvgIpc) is 2.00. The third kappa shape index (κ3) is 5.56. The molecule has 0 fully saturated rings. The Labute approximate surface area is 76.9 Å². The van der Waals surface area contributed by atoms with E-state index in [4.69, 9.17) is 5.73 Å². The number of nitrogens with one attached hydrogen (secondary N) is 1. The van der Waals surface area contributed by atoms with Crippen LogP contribution in [0.2, 0.25) is 0 Å². The predicted molar refractivity (Wildman–Crippen MR) is 55.2 cm³/mol. The average molecular weight is 172 g/mol. The van der Waals surface area contributed by atoms with Crippen LogP contribution in [0.15, 0.2) is 0 Å². The van der Waals surface area contributed by atoms with Crippen LogP contribution in [0.5, 0.6) is 0 Å². The largest absolute Gasteiger partial charge is 0.326 e. The molecule has 0 aliphatic carbocycles. The van der Waals surface area contributed by atoms with E-state index in [9.17, 15) is 0 Å². The quantitative estimate of drug-likeness (QED) is 0.640. The van der Waals surface area contributed by atoms with E-state index in [0.717, 1.165) is 6.54 Å². The van der Waals surface area contributed by atoms with Gasteiger partial charge >= 0.3 is 0 Å². The van der Waals surface area contributed by atoms with Gasteiger partial charge in [-0.1, -0.05) is 27.2 Å². The third-order valence-electron chi connectivity index (χ3n) is 2.28. The van der Waals surface area contributed by atoms with E-state index in [1.807, 2.05) is 0 Å². The molecule has 0 rings (SSSR count). The maximum absolute atomic E-state index is 5.90. The molecule has 12 heavy (non-hydrogen) atoms. The molecule has 0 radical (unpaired) electrons. The molecule has 0 aromatic rings. The van der Waals surface area contributed by atoms with E-state index < -0.39 is 0 Å². The summed E-state index contributed by atoms with van der Waals surface area (Å²) in [6.45, 7) is 9.70. The smallest absolute Gasteiger partial charge is 0.0188 e. The number of hydrogen-bond donors (Lipinski definition) is 2. The van der Waals surface area contributed by atoms with Crippen LogP contribution in [0.1, 0.15) is 40.5 Å². The normalized spacial score (nSPS) is 16.5. The summed E-state index contributed by atoms with van der Waals surface area (Å²) in [5, 5.41) is 3.44. The lowest BCUT2D eigenvalue weighted by molar-refractivity contribution is 0.418. The van der Waals surface area contributed by atoms with Gasteiger partial charge in [0.05, 0.1) is 0 Å². The van der Waals surface area contributed by atoms with Gasteiger partial charge in [0.2, 0.25) is 0 Å². The van der Waals surface area contributed by atoms with Crippen molar-refractivity contribution in [2.75, 3.05) is 6.54 Å². The van der Waals surface area contributed by atoms with Crippen molar-refractivity contribution >= 4 is 0 Å². The van der Waals surface area contributed by atoms with Crippen molar-refractivity contribution in [1.82, 2.24) is 5.32 Å². The van der Waals surface area contributed by atoms with Crippen LogP contribution in [0.25, 0.3) is 0 Å². The molecule has 74 valence electrons. The first kappa shape index (κ1) is 11.9. The van der Waals surface area contributed by atoms with Gasteiger partial charge in [0.15, 0.2) is 0 Å². The van der Waals surface area contributed by atoms with E-state index in [2.05, 4.69) is 33.0 Å². The van der Waals surface area contributed by atoms with Gasteiger partial charge in [-0.2, -0.15) is 0 Å². The topological polar surface area (TPSA) is 38.0 Å². The highest BCUT2D eigenvalue weighted by Crippen LogP contribution is 1.99. The summed E-state index contributed by atoms with van der Waals surface area (Å²) in [4.78, 5) is 0. The van der Waals surface area contributed by atoms with Crippen LogP contribution < -0.4 is 11.1 Å². The van der Waals surface area contributed by atoms with Crippen LogP contribution >= 0.6 is 0 Å². The van der Waals surface area contributed by atoms with Crippen molar-refractivity contribution in [2.45, 2.75) is 52.6 Å². The number of rotatable bonds is 6. The van der Waals surface area contributed by atoms with Crippen LogP contribution in [0.3, 0.4) is 0 Å². The van der Waals surface area contributed by atoms with Crippen LogP contribution in [-0.2, 0) is 0 Å². The molecule has 2 atom stereocenters. The Hall–Kier alpha value is -0.0800. The molecule has 0 saturated carbocycles. The van der Waals surface area contributed by atoms with Crippen molar-refractivity contribution < 1.29 is 0 Å². The van der Waals surface area contributed by atoms with Crippen molar-refractivity contribution in [3.05, 3.63) is 0 Å². The van der Waals surface area contributed by atoms with Gasteiger partial charge < -0.3 is 11.1 Å². The minimum atomic E-state index is 0.296. The molecule has 2 unspecified atom stereocenters. The van der Waals surface area contributed by atoms with E-state index >= 15 is 0 Å². The molecular formula is C10H24N2. The maximum Gasteiger partial charge on any atom is 0.0188 e. The summed E-state index contributed by atoms with van der Waals surface area (Å²) in [6, 6.07) is 0.907. The summed E-state index contributed by atoms with van der Waals surface area (Å²) in [5.74, 6) is 0.575. The zero-order valence-corrected chi connectivity index (χ0v) is 8.93. The molecule has 0 aliphatic rings. The van der Waals surface area contributed by atoms with Gasteiger partial charge in [-0.15, -0.1) is 0 Å². The van der Waals surface area contributed by atoms with Crippen LogP contribution in [0, 0.1) is 5.92 Å². The summed E-state index contributed by atoms with van der Waals surface area (Å²) in [5.41, 5.74) is 5.90. The second kappa shape index (κ2) is 6.44. The molecule has 0 saturated heterocycles. The second-order valence-corrected chi connectivity index (χ2v) is 4.01. The zero-order valence-electron chi connectivity index (χ0n) is 8.93. The molecule has 0 heterocycles. The van der Waals surface area contributed by atoms with Crippen molar-refractivity contribution in [3.8, 4) is 0 Å². The Kier molecular flexibility index (Phi) is 6.39. The van der Waals surface area contributed by atoms with Gasteiger partial charge in [-0.25, -0.2) is 0 Å². The standard InChI is InChI=1S/C10H24N2/c1-5-6-9(4)12-7-10(11)8(2)3/h8-10,12H,5-7,11H2,1-4H3. The summed E-state index contributed by atoms with van der Waals surface area (Å²) in [6.07, 6.45) is 2.48. The fraction of sp³-hybridized carbons (Fsp3) is 1.00. The molecule has 0 amide bonds. The lowest BCUT2D eigenvalue weighted by Gasteiger charge is -2.19. The summed E-state index contributed by atoms with van der Waals surface area (Å²) < 4.78 is 0. The minimum Gasteiger partial charge on any atom is -0.326 e. The molecule has 0 spiro atoms. The first-order valence-corrected chi connectivity index (χ1v) is 5.06. The van der Waals surface area contributed by atoms with Crippen LogP contribution in [-0.4, -0.2) is 18.6 Å². The second-order valence-electron chi connectivity index (χ2n) is 4.01. The molecular weight excluding hydrogens is 148 g/mol. The Morgan fingerprint density at radius 1 is 1.25 bits per heavy atom. The number of nitrogens with two attached hydrogens (primary N) is 1. The summed E-state index contributed by atoms with van der Waals surface area (Å²) >= 11 is 0. The van der Waals surface area contributed by atoms with Crippen molar-refractivity contribution in [2.24, 2.45) is 11.7 Å².